The van der Waals surface area contributed by atoms with Gasteiger partial charge in [0.2, 0.25) is 11.8 Å². The van der Waals surface area contributed by atoms with E-state index in [1.807, 2.05) is 0 Å². The first-order chi connectivity index (χ1) is 25.5. The van der Waals surface area contributed by atoms with E-state index in [9.17, 15) is 14.4 Å². The van der Waals surface area contributed by atoms with Gasteiger partial charge in [-0.1, -0.05) is 17.8 Å². The Balaban J connectivity index is 3.74. The van der Waals surface area contributed by atoms with Crippen LogP contribution in [0.15, 0.2) is 0 Å². The summed E-state index contributed by atoms with van der Waals surface area (Å²) in [7, 11) is 0. The normalized spacial score (nSPS) is 11.9. The highest BCUT2D eigenvalue weighted by atomic mass is 16.6. The highest BCUT2D eigenvalue weighted by Gasteiger charge is 2.33. The summed E-state index contributed by atoms with van der Waals surface area (Å²) in [5, 5.41) is 5.61. The smallest absolute Gasteiger partial charge is 0.323 e. The van der Waals surface area contributed by atoms with Crippen LogP contribution < -0.4 is 16.4 Å². The quantitative estimate of drug-likeness (QED) is 0.0439. The molecule has 0 radical (unpaired) electrons. The molecule has 0 aromatic heterocycles. The molecule has 16 nitrogen and oxygen atoms in total. The van der Waals surface area contributed by atoms with Crippen LogP contribution in [0.2, 0.25) is 0 Å². The van der Waals surface area contributed by atoms with Crippen molar-refractivity contribution in [2.24, 2.45) is 5.73 Å². The Kier molecular flexibility index (Phi) is 31.2. The lowest BCUT2D eigenvalue weighted by atomic mass is 10.0. The van der Waals surface area contributed by atoms with Crippen LogP contribution in [0.3, 0.4) is 0 Å². The van der Waals surface area contributed by atoms with Gasteiger partial charge in [0.05, 0.1) is 99.1 Å². The minimum atomic E-state index is -1.03. The Morgan fingerprint density at radius 2 is 0.981 bits per heavy atom. The third kappa shape index (κ3) is 31.9. The van der Waals surface area contributed by atoms with E-state index in [0.29, 0.717) is 79.2 Å². The second kappa shape index (κ2) is 33.3. The zero-order valence-corrected chi connectivity index (χ0v) is 31.8. The van der Waals surface area contributed by atoms with Gasteiger partial charge in [-0.3, -0.25) is 14.4 Å². The summed E-state index contributed by atoms with van der Waals surface area (Å²) in [6.07, 6.45) is 16.2. The minimum Gasteiger partial charge on any atom is -0.459 e. The summed E-state index contributed by atoms with van der Waals surface area (Å²) in [6.45, 7) is 10.2. The van der Waals surface area contributed by atoms with Crippen LogP contribution in [0.1, 0.15) is 40.0 Å². The molecule has 2 amide bonds. The molecule has 0 spiro atoms. The second-order valence-corrected chi connectivity index (χ2v) is 12.4. The fraction of sp³-hybridized carbons (Fsp3) is 0.757. The number of hydrogen-bond donors (Lipinski definition) is 3. The van der Waals surface area contributed by atoms with Gasteiger partial charge in [0.15, 0.2) is 0 Å². The van der Waals surface area contributed by atoms with Crippen molar-refractivity contribution in [3.8, 4) is 37.0 Å². The lowest BCUT2D eigenvalue weighted by Gasteiger charge is -2.33. The molecule has 1 atom stereocenters. The number of esters is 1. The fourth-order valence-electron chi connectivity index (χ4n) is 4.01. The molecule has 0 aliphatic heterocycles. The molecule has 0 saturated carbocycles. The van der Waals surface area contributed by atoms with Crippen molar-refractivity contribution < 1.29 is 61.8 Å². The zero-order valence-electron chi connectivity index (χ0n) is 31.8. The third-order valence-electron chi connectivity index (χ3n) is 6.39. The average molecular weight is 756 g/mol. The molecular formula is C37H61N3O13. The Morgan fingerprint density at radius 3 is 1.38 bits per heavy atom. The molecule has 0 saturated heterocycles. The van der Waals surface area contributed by atoms with Crippen molar-refractivity contribution in [2.45, 2.75) is 57.2 Å². The Hall–Kier alpha value is -3.31. The molecule has 302 valence electrons. The predicted molar refractivity (Wildman–Crippen MR) is 195 cm³/mol. The number of ether oxygens (including phenoxy) is 10. The predicted octanol–water partition coefficient (Wildman–Crippen LogP) is -0.154. The minimum absolute atomic E-state index is 0.0396. The second-order valence-electron chi connectivity index (χ2n) is 12.4. The van der Waals surface area contributed by atoms with Crippen LogP contribution in [-0.2, 0) is 61.8 Å². The van der Waals surface area contributed by atoms with Crippen LogP contribution in [0.25, 0.3) is 0 Å². The van der Waals surface area contributed by atoms with Gasteiger partial charge in [-0.25, -0.2) is 0 Å². The Bertz CT molecular complexity index is 1050. The molecule has 0 aliphatic carbocycles. The molecule has 0 rings (SSSR count). The summed E-state index contributed by atoms with van der Waals surface area (Å²) < 4.78 is 54.4. The maximum Gasteiger partial charge on any atom is 0.323 e. The van der Waals surface area contributed by atoms with Gasteiger partial charge in [0.25, 0.3) is 0 Å². The summed E-state index contributed by atoms with van der Waals surface area (Å²) in [5.41, 5.74) is 4.13. The highest BCUT2D eigenvalue weighted by Crippen LogP contribution is 2.11. The Labute approximate surface area is 315 Å². The zero-order chi connectivity index (χ0) is 39.5. The maximum absolute atomic E-state index is 12.7. The number of carbonyl (C=O) groups excluding carboxylic acids is 3. The van der Waals surface area contributed by atoms with Crippen molar-refractivity contribution in [3.63, 3.8) is 0 Å². The van der Waals surface area contributed by atoms with Gasteiger partial charge in [0, 0.05) is 19.4 Å². The monoisotopic (exact) mass is 755 g/mol. The van der Waals surface area contributed by atoms with E-state index in [-0.39, 0.29) is 77.3 Å². The molecule has 0 fully saturated rings. The molecule has 0 bridgehead atoms. The molecule has 0 aromatic carbocycles. The van der Waals surface area contributed by atoms with E-state index in [4.69, 9.17) is 72.4 Å². The van der Waals surface area contributed by atoms with Gasteiger partial charge >= 0.3 is 5.97 Å². The van der Waals surface area contributed by atoms with Crippen molar-refractivity contribution in [3.05, 3.63) is 0 Å². The van der Waals surface area contributed by atoms with Crippen molar-refractivity contribution >= 4 is 17.8 Å². The largest absolute Gasteiger partial charge is 0.459 e. The number of nitrogens with two attached hydrogens (primary N) is 1. The van der Waals surface area contributed by atoms with Gasteiger partial charge < -0.3 is 63.7 Å². The molecule has 0 unspecified atom stereocenters. The number of rotatable bonds is 35. The number of terminal acetylenes is 3. The molecular weight excluding hydrogens is 694 g/mol. The summed E-state index contributed by atoms with van der Waals surface area (Å²) in [6, 6.07) is -0.842. The third-order valence-corrected chi connectivity index (χ3v) is 6.39. The molecule has 0 aliphatic rings. The lowest BCUT2D eigenvalue weighted by molar-refractivity contribution is -0.156. The van der Waals surface area contributed by atoms with Gasteiger partial charge in [0.1, 0.15) is 37.0 Å². The summed E-state index contributed by atoms with van der Waals surface area (Å²) >= 11 is 0. The van der Waals surface area contributed by atoms with Gasteiger partial charge in [-0.2, -0.15) is 0 Å². The highest BCUT2D eigenvalue weighted by molar-refractivity contribution is 5.79. The van der Waals surface area contributed by atoms with Gasteiger partial charge in [-0.15, -0.1) is 19.3 Å². The molecule has 16 heteroatoms. The number of amides is 2. The summed E-state index contributed by atoms with van der Waals surface area (Å²) in [5.74, 6) is 6.11. The van der Waals surface area contributed by atoms with Crippen LogP contribution in [0.4, 0.5) is 0 Å². The first-order valence-corrected chi connectivity index (χ1v) is 17.5. The van der Waals surface area contributed by atoms with Crippen LogP contribution in [0.5, 0.6) is 0 Å². The number of nitrogens with one attached hydrogen (secondary N) is 2. The molecule has 0 heterocycles. The lowest BCUT2D eigenvalue weighted by Crippen LogP contribution is -2.58. The first-order valence-electron chi connectivity index (χ1n) is 17.5. The van der Waals surface area contributed by atoms with Gasteiger partial charge in [-0.05, 0) is 27.2 Å². The standard InChI is InChI=1S/C37H61N3O13/c1-7-14-50-29-37(30-51-15-8-2,31-52-16-9-3)40-34(42)12-17-44-19-21-46-23-25-48-27-28-49-26-24-47-22-20-45-18-13-39-33(41)11-10-32(38)35(43)53-36(4,5)6/h1-3,32H,10-31,38H2,4-6H3,(H,39,41)(H,40,42)/t32-/m0/s1. The Morgan fingerprint density at radius 1 is 0.585 bits per heavy atom. The van der Waals surface area contributed by atoms with Crippen LogP contribution >= 0.6 is 0 Å². The number of hydrogen-bond acceptors (Lipinski definition) is 14. The molecule has 0 aromatic rings. The first kappa shape index (κ1) is 49.7. The van der Waals surface area contributed by atoms with E-state index in [2.05, 4.69) is 28.4 Å². The van der Waals surface area contributed by atoms with Crippen LogP contribution in [-0.4, -0.2) is 160 Å². The van der Waals surface area contributed by atoms with E-state index >= 15 is 0 Å². The van der Waals surface area contributed by atoms with E-state index in [1.165, 1.54) is 0 Å². The van der Waals surface area contributed by atoms with Crippen molar-refractivity contribution in [2.75, 3.05) is 125 Å². The fourth-order valence-corrected chi connectivity index (χ4v) is 4.01. The SMILES string of the molecule is C#CCOCC(COCC#C)(COCC#C)NC(=O)CCOCCOCCOCCOCCOCCOCCNC(=O)CC[C@H](N)C(=O)OC(C)(C)C. The maximum atomic E-state index is 12.7. The molecule has 4 N–H and O–H groups in total. The van der Waals surface area contributed by atoms with Crippen molar-refractivity contribution in [1.82, 2.24) is 10.6 Å². The topological polar surface area (TPSA) is 194 Å². The van der Waals surface area contributed by atoms with Crippen molar-refractivity contribution in [1.29, 1.82) is 0 Å². The van der Waals surface area contributed by atoms with E-state index in [1.54, 1.807) is 20.8 Å². The van der Waals surface area contributed by atoms with Crippen LogP contribution in [0, 0.1) is 37.0 Å². The average Bonchev–Trinajstić information content (AvgIpc) is 3.10. The number of carbonyl (C=O) groups is 3. The molecule has 53 heavy (non-hydrogen) atoms. The van der Waals surface area contributed by atoms with E-state index < -0.39 is 23.2 Å². The summed E-state index contributed by atoms with van der Waals surface area (Å²) in [4.78, 5) is 36.4. The van der Waals surface area contributed by atoms with E-state index in [0.717, 1.165) is 0 Å².